The van der Waals surface area contributed by atoms with Crippen LogP contribution in [0, 0.1) is 5.41 Å². The second-order valence-electron chi connectivity index (χ2n) is 6.79. The fourth-order valence-corrected chi connectivity index (χ4v) is 4.63. The second-order valence-corrected chi connectivity index (χ2v) is 8.54. The summed E-state index contributed by atoms with van der Waals surface area (Å²) in [5.41, 5.74) is 0.346. The lowest BCUT2D eigenvalue weighted by molar-refractivity contribution is -0.107. The summed E-state index contributed by atoms with van der Waals surface area (Å²) < 4.78 is 7.20. The van der Waals surface area contributed by atoms with E-state index in [1.54, 1.807) is 11.3 Å². The molecule has 0 saturated heterocycles. The van der Waals surface area contributed by atoms with Crippen LogP contribution in [-0.4, -0.2) is 18.8 Å². The predicted octanol–water partition coefficient (Wildman–Crippen LogP) is 5.43. The number of halogens is 1. The van der Waals surface area contributed by atoms with E-state index in [2.05, 4.69) is 39.1 Å². The first-order valence-electron chi connectivity index (χ1n) is 8.05. The number of thiophene rings is 1. The van der Waals surface area contributed by atoms with Gasteiger partial charge >= 0.3 is 0 Å². The predicted molar refractivity (Wildman–Crippen MR) is 92.4 cm³/mol. The van der Waals surface area contributed by atoms with E-state index in [0.717, 1.165) is 30.3 Å². The maximum absolute atomic E-state index is 6.34. The van der Waals surface area contributed by atoms with Crippen molar-refractivity contribution in [3.63, 3.8) is 0 Å². The Balaban J connectivity index is 2.28. The summed E-state index contributed by atoms with van der Waals surface area (Å²) >= 11 is 7.84. The maximum Gasteiger partial charge on any atom is 0.0931 e. The summed E-state index contributed by atoms with van der Waals surface area (Å²) in [5.74, 6) is 0. The monoisotopic (exact) mass is 329 g/mol. The van der Waals surface area contributed by atoms with E-state index < -0.39 is 0 Å². The average Bonchev–Trinajstić information content (AvgIpc) is 2.85. The SMILES string of the molecule is CCNC(c1ccc(Cl)s1)C1(OCC)CCC(C)(C)CC1. The molecule has 1 unspecified atom stereocenters. The molecule has 1 aliphatic rings. The quantitative estimate of drug-likeness (QED) is 0.751. The summed E-state index contributed by atoms with van der Waals surface area (Å²) in [5, 5.41) is 3.66. The minimum absolute atomic E-state index is 0.0888. The first kappa shape index (κ1) is 17.3. The van der Waals surface area contributed by atoms with Crippen molar-refractivity contribution in [2.24, 2.45) is 5.41 Å². The fourth-order valence-electron chi connectivity index (χ4n) is 3.39. The Kier molecular flexibility index (Phi) is 5.75. The van der Waals surface area contributed by atoms with E-state index in [0.29, 0.717) is 5.41 Å². The molecule has 1 fully saturated rings. The highest BCUT2D eigenvalue weighted by molar-refractivity contribution is 7.16. The van der Waals surface area contributed by atoms with E-state index in [4.69, 9.17) is 16.3 Å². The van der Waals surface area contributed by atoms with Crippen molar-refractivity contribution >= 4 is 22.9 Å². The standard InChI is InChI=1S/C17H28ClNOS/c1-5-19-15(13-7-8-14(18)21-13)17(20-6-2)11-9-16(3,4)10-12-17/h7-8,15,19H,5-6,9-12H2,1-4H3. The molecule has 0 amide bonds. The van der Waals surface area contributed by atoms with Crippen LogP contribution in [0.1, 0.15) is 64.3 Å². The Hall–Kier alpha value is -0.0900. The molecule has 0 bridgehead atoms. The molecule has 1 aliphatic carbocycles. The third-order valence-corrected chi connectivity index (χ3v) is 5.99. The summed E-state index contributed by atoms with van der Waals surface area (Å²) in [4.78, 5) is 1.30. The van der Waals surface area contributed by atoms with Gasteiger partial charge in [-0.25, -0.2) is 0 Å². The third kappa shape index (κ3) is 4.01. The Morgan fingerprint density at radius 2 is 1.90 bits per heavy atom. The van der Waals surface area contributed by atoms with Crippen LogP contribution in [0.2, 0.25) is 4.34 Å². The van der Waals surface area contributed by atoms with Crippen LogP contribution in [0.5, 0.6) is 0 Å². The van der Waals surface area contributed by atoms with Gasteiger partial charge in [0.15, 0.2) is 0 Å². The highest BCUT2D eigenvalue weighted by atomic mass is 35.5. The van der Waals surface area contributed by atoms with Crippen LogP contribution in [0.3, 0.4) is 0 Å². The molecule has 21 heavy (non-hydrogen) atoms. The second kappa shape index (κ2) is 6.99. The van der Waals surface area contributed by atoms with E-state index in [1.165, 1.54) is 17.7 Å². The van der Waals surface area contributed by atoms with E-state index in [-0.39, 0.29) is 11.6 Å². The first-order valence-corrected chi connectivity index (χ1v) is 9.24. The molecular weight excluding hydrogens is 302 g/mol. The lowest BCUT2D eigenvalue weighted by Gasteiger charge is -2.47. The van der Waals surface area contributed by atoms with Gasteiger partial charge in [0.1, 0.15) is 0 Å². The van der Waals surface area contributed by atoms with Gasteiger partial charge in [0, 0.05) is 11.5 Å². The lowest BCUT2D eigenvalue weighted by atomic mass is 9.68. The molecule has 1 N–H and O–H groups in total. The molecule has 0 radical (unpaired) electrons. The molecule has 4 heteroatoms. The Bertz CT molecular complexity index is 447. The van der Waals surface area contributed by atoms with Crippen LogP contribution in [0.15, 0.2) is 12.1 Å². The molecule has 1 atom stereocenters. The number of nitrogens with one attached hydrogen (secondary N) is 1. The highest BCUT2D eigenvalue weighted by Gasteiger charge is 2.45. The number of likely N-dealkylation sites (N-methyl/N-ethyl adjacent to an activating group) is 1. The molecule has 0 aromatic carbocycles. The van der Waals surface area contributed by atoms with Gasteiger partial charge in [-0.05, 0) is 56.7 Å². The van der Waals surface area contributed by atoms with Gasteiger partial charge in [0.2, 0.25) is 0 Å². The zero-order valence-corrected chi connectivity index (χ0v) is 15.2. The molecule has 2 rings (SSSR count). The normalized spacial score (nSPS) is 22.1. The summed E-state index contributed by atoms with van der Waals surface area (Å²) in [6, 6.07) is 4.40. The van der Waals surface area contributed by atoms with Crippen LogP contribution in [0.25, 0.3) is 0 Å². The van der Waals surface area contributed by atoms with Gasteiger partial charge in [-0.1, -0.05) is 32.4 Å². The topological polar surface area (TPSA) is 21.3 Å². The molecule has 1 aromatic heterocycles. The van der Waals surface area contributed by atoms with E-state index >= 15 is 0 Å². The maximum atomic E-state index is 6.34. The number of hydrogen-bond acceptors (Lipinski definition) is 3. The smallest absolute Gasteiger partial charge is 0.0931 e. The van der Waals surface area contributed by atoms with Crippen LogP contribution in [-0.2, 0) is 4.74 Å². The van der Waals surface area contributed by atoms with Crippen LogP contribution in [0.4, 0.5) is 0 Å². The van der Waals surface area contributed by atoms with Gasteiger partial charge in [-0.3, -0.25) is 0 Å². The van der Waals surface area contributed by atoms with Crippen molar-refractivity contribution < 1.29 is 4.74 Å². The van der Waals surface area contributed by atoms with Gasteiger partial charge in [-0.15, -0.1) is 11.3 Å². The molecule has 0 aliphatic heterocycles. The van der Waals surface area contributed by atoms with Gasteiger partial charge < -0.3 is 10.1 Å². The van der Waals surface area contributed by atoms with Crippen LogP contribution >= 0.6 is 22.9 Å². The van der Waals surface area contributed by atoms with Crippen LogP contribution < -0.4 is 5.32 Å². The first-order chi connectivity index (χ1) is 9.92. The van der Waals surface area contributed by atoms with Crippen molar-refractivity contribution in [2.75, 3.05) is 13.2 Å². The number of hydrogen-bond donors (Lipinski definition) is 1. The van der Waals surface area contributed by atoms with Crippen molar-refractivity contribution in [3.8, 4) is 0 Å². The largest absolute Gasteiger partial charge is 0.373 e. The minimum Gasteiger partial charge on any atom is -0.373 e. The van der Waals surface area contributed by atoms with Gasteiger partial charge in [0.05, 0.1) is 16.0 Å². The summed E-state index contributed by atoms with van der Waals surface area (Å²) in [6.07, 6.45) is 4.66. The highest BCUT2D eigenvalue weighted by Crippen LogP contribution is 2.48. The van der Waals surface area contributed by atoms with Gasteiger partial charge in [0.25, 0.3) is 0 Å². The molecule has 120 valence electrons. The molecule has 0 spiro atoms. The summed E-state index contributed by atoms with van der Waals surface area (Å²) in [6.45, 7) is 10.7. The van der Waals surface area contributed by atoms with Crippen molar-refractivity contribution in [1.29, 1.82) is 0 Å². The lowest BCUT2D eigenvalue weighted by Crippen LogP contribution is -2.49. The fraction of sp³-hybridized carbons (Fsp3) is 0.765. The minimum atomic E-state index is -0.0888. The van der Waals surface area contributed by atoms with Crippen molar-refractivity contribution in [1.82, 2.24) is 5.32 Å². The Morgan fingerprint density at radius 1 is 1.24 bits per heavy atom. The van der Waals surface area contributed by atoms with Crippen molar-refractivity contribution in [3.05, 3.63) is 21.3 Å². The zero-order chi connectivity index (χ0) is 15.5. The molecule has 1 heterocycles. The molecular formula is C17H28ClNOS. The Morgan fingerprint density at radius 3 is 2.38 bits per heavy atom. The molecule has 2 nitrogen and oxygen atoms in total. The van der Waals surface area contributed by atoms with E-state index in [1.807, 2.05) is 6.07 Å². The molecule has 1 saturated carbocycles. The van der Waals surface area contributed by atoms with Crippen molar-refractivity contribution in [2.45, 2.75) is 65.0 Å². The van der Waals surface area contributed by atoms with Gasteiger partial charge in [-0.2, -0.15) is 0 Å². The third-order valence-electron chi connectivity index (χ3n) is 4.69. The Labute approximate surface area is 138 Å². The molecule has 1 aromatic rings. The summed E-state index contributed by atoms with van der Waals surface area (Å²) in [7, 11) is 0. The average molecular weight is 330 g/mol. The zero-order valence-electron chi connectivity index (χ0n) is 13.7. The number of ether oxygens (including phenoxy) is 1. The van der Waals surface area contributed by atoms with E-state index in [9.17, 15) is 0 Å². The number of rotatable bonds is 6.